The number of hydrogen-bond acceptors (Lipinski definition) is 3. The predicted octanol–water partition coefficient (Wildman–Crippen LogP) is 4.44. The summed E-state index contributed by atoms with van der Waals surface area (Å²) < 4.78 is 7.95. The summed E-state index contributed by atoms with van der Waals surface area (Å²) in [6.45, 7) is 11.2. The van der Waals surface area contributed by atoms with Gasteiger partial charge in [0.25, 0.3) is 0 Å². The van der Waals surface area contributed by atoms with E-state index in [1.54, 1.807) is 0 Å². The molecule has 0 radical (unpaired) electrons. The van der Waals surface area contributed by atoms with Crippen LogP contribution >= 0.6 is 0 Å². The van der Waals surface area contributed by atoms with Gasteiger partial charge in [0.1, 0.15) is 5.75 Å². The van der Waals surface area contributed by atoms with Crippen LogP contribution in [0.5, 0.6) is 5.75 Å². The lowest BCUT2D eigenvalue weighted by molar-refractivity contribution is 0.317. The minimum Gasteiger partial charge on any atom is -0.494 e. The summed E-state index contributed by atoms with van der Waals surface area (Å²) in [6, 6.07) is 8.28. The van der Waals surface area contributed by atoms with Crippen molar-refractivity contribution in [3.8, 4) is 11.4 Å². The fourth-order valence-electron chi connectivity index (χ4n) is 3.27. The van der Waals surface area contributed by atoms with Gasteiger partial charge in [0.05, 0.1) is 18.0 Å². The van der Waals surface area contributed by atoms with E-state index in [4.69, 9.17) is 4.74 Å². The number of fused-ring (bicyclic) bond motifs is 1. The summed E-state index contributed by atoms with van der Waals surface area (Å²) in [6.07, 6.45) is 1.02. The molecule has 3 aromatic rings. The Morgan fingerprint density at radius 3 is 1.87 bits per heavy atom. The molecule has 0 aliphatic carbocycles. The molecule has 4 heteroatoms. The lowest BCUT2D eigenvalue weighted by Gasteiger charge is -2.11. The number of ether oxygens (including phenoxy) is 1. The molecule has 2 heterocycles. The smallest absolute Gasteiger partial charge is 0.119 e. The van der Waals surface area contributed by atoms with Crippen molar-refractivity contribution in [1.29, 1.82) is 0 Å². The Morgan fingerprint density at radius 2 is 1.39 bits per heavy atom. The molecule has 23 heavy (non-hydrogen) atoms. The summed E-state index contributed by atoms with van der Waals surface area (Å²) in [4.78, 5) is 0. The molecule has 0 bridgehead atoms. The first kappa shape index (κ1) is 15.5. The molecule has 120 valence electrons. The third-order valence-electron chi connectivity index (χ3n) is 4.29. The number of nitrogens with zero attached hydrogens (tertiary/aromatic N) is 3. The predicted molar refractivity (Wildman–Crippen MR) is 93.6 cm³/mol. The van der Waals surface area contributed by atoms with E-state index in [-0.39, 0.29) is 0 Å². The van der Waals surface area contributed by atoms with Gasteiger partial charge < -0.3 is 9.30 Å². The van der Waals surface area contributed by atoms with Crippen molar-refractivity contribution in [2.24, 2.45) is 0 Å². The molecule has 0 spiro atoms. The van der Waals surface area contributed by atoms with Crippen molar-refractivity contribution in [3.05, 3.63) is 47.0 Å². The van der Waals surface area contributed by atoms with E-state index in [9.17, 15) is 0 Å². The molecule has 0 N–H and O–H groups in total. The third kappa shape index (κ3) is 2.58. The first-order valence-corrected chi connectivity index (χ1v) is 8.09. The molecule has 0 unspecified atom stereocenters. The van der Waals surface area contributed by atoms with Gasteiger partial charge in [0.2, 0.25) is 0 Å². The molecule has 0 amide bonds. The monoisotopic (exact) mass is 309 g/mol. The van der Waals surface area contributed by atoms with Crippen LogP contribution in [0.15, 0.2) is 24.3 Å². The van der Waals surface area contributed by atoms with E-state index in [2.05, 4.69) is 47.7 Å². The lowest BCUT2D eigenvalue weighted by atomic mass is 10.1. The molecule has 0 aliphatic heterocycles. The molecule has 0 saturated carbocycles. The highest BCUT2D eigenvalue weighted by molar-refractivity contribution is 5.92. The number of aromatic nitrogens is 3. The molecule has 4 nitrogen and oxygen atoms in total. The largest absolute Gasteiger partial charge is 0.494 e. The van der Waals surface area contributed by atoms with Crippen LogP contribution < -0.4 is 4.74 Å². The molecule has 2 aromatic heterocycles. The SMILES string of the molecule is CCCOc1ccc(-n2c(C)c3c(C)nnc(C)c3c2C)cc1. The first-order chi connectivity index (χ1) is 11.0. The normalized spacial score (nSPS) is 11.2. The van der Waals surface area contributed by atoms with E-state index in [1.807, 2.05) is 26.0 Å². The molecular formula is C19H23N3O. The average molecular weight is 309 g/mol. The van der Waals surface area contributed by atoms with Gasteiger partial charge >= 0.3 is 0 Å². The van der Waals surface area contributed by atoms with Crippen LogP contribution in [-0.4, -0.2) is 21.4 Å². The van der Waals surface area contributed by atoms with Gasteiger partial charge in [-0.1, -0.05) is 6.92 Å². The van der Waals surface area contributed by atoms with Crippen LogP contribution in [-0.2, 0) is 0 Å². The minimum absolute atomic E-state index is 0.751. The van der Waals surface area contributed by atoms with E-state index in [0.717, 1.165) is 35.9 Å². The second-order valence-corrected chi connectivity index (χ2v) is 5.97. The fraction of sp³-hybridized carbons (Fsp3) is 0.368. The highest BCUT2D eigenvalue weighted by Gasteiger charge is 2.17. The number of benzene rings is 1. The maximum absolute atomic E-state index is 5.67. The van der Waals surface area contributed by atoms with Gasteiger partial charge in [-0.05, 0) is 58.4 Å². The summed E-state index contributed by atoms with van der Waals surface area (Å²) in [5.74, 6) is 0.915. The van der Waals surface area contributed by atoms with Crippen molar-refractivity contribution in [2.75, 3.05) is 6.61 Å². The van der Waals surface area contributed by atoms with E-state index < -0.39 is 0 Å². The Labute approximate surface area is 137 Å². The summed E-state index contributed by atoms with van der Waals surface area (Å²) >= 11 is 0. The zero-order chi connectivity index (χ0) is 16.6. The van der Waals surface area contributed by atoms with Crippen molar-refractivity contribution in [1.82, 2.24) is 14.8 Å². The maximum Gasteiger partial charge on any atom is 0.119 e. The van der Waals surface area contributed by atoms with Crippen molar-refractivity contribution in [2.45, 2.75) is 41.0 Å². The molecular weight excluding hydrogens is 286 g/mol. The van der Waals surface area contributed by atoms with Crippen LogP contribution in [0.1, 0.15) is 36.1 Å². The molecule has 0 saturated heterocycles. The standard InChI is InChI=1S/C19H23N3O/c1-6-11-23-17-9-7-16(8-10-17)22-14(4)18-12(2)20-21-13(3)19(18)15(22)5/h7-10H,6,11H2,1-5H3. The Hall–Kier alpha value is -2.36. The highest BCUT2D eigenvalue weighted by Crippen LogP contribution is 2.31. The van der Waals surface area contributed by atoms with Gasteiger partial charge in [0, 0.05) is 27.8 Å². The van der Waals surface area contributed by atoms with Gasteiger partial charge in [-0.15, -0.1) is 0 Å². The third-order valence-corrected chi connectivity index (χ3v) is 4.29. The van der Waals surface area contributed by atoms with Gasteiger partial charge in [-0.3, -0.25) is 0 Å². The maximum atomic E-state index is 5.67. The van der Waals surface area contributed by atoms with Gasteiger partial charge in [0.15, 0.2) is 0 Å². The van der Waals surface area contributed by atoms with Crippen LogP contribution in [0.2, 0.25) is 0 Å². The Kier molecular flexibility index (Phi) is 4.07. The molecule has 0 fully saturated rings. The van der Waals surface area contributed by atoms with E-state index >= 15 is 0 Å². The zero-order valence-electron chi connectivity index (χ0n) is 14.5. The van der Waals surface area contributed by atoms with Crippen LogP contribution in [0, 0.1) is 27.7 Å². The summed E-state index contributed by atoms with van der Waals surface area (Å²) in [5.41, 5.74) is 5.50. The molecule has 0 aliphatic rings. The number of hydrogen-bond donors (Lipinski definition) is 0. The van der Waals surface area contributed by atoms with Crippen molar-refractivity contribution in [3.63, 3.8) is 0 Å². The Morgan fingerprint density at radius 1 is 0.870 bits per heavy atom. The number of aryl methyl sites for hydroxylation is 4. The first-order valence-electron chi connectivity index (χ1n) is 8.09. The van der Waals surface area contributed by atoms with E-state index in [1.165, 1.54) is 22.2 Å². The van der Waals surface area contributed by atoms with Crippen molar-refractivity contribution < 1.29 is 4.74 Å². The van der Waals surface area contributed by atoms with Gasteiger partial charge in [-0.2, -0.15) is 10.2 Å². The fourth-order valence-corrected chi connectivity index (χ4v) is 3.27. The van der Waals surface area contributed by atoms with Gasteiger partial charge in [-0.25, -0.2) is 0 Å². The zero-order valence-corrected chi connectivity index (χ0v) is 14.5. The molecule has 0 atom stereocenters. The quantitative estimate of drug-likeness (QED) is 0.715. The molecule has 3 rings (SSSR count). The number of rotatable bonds is 4. The van der Waals surface area contributed by atoms with Crippen LogP contribution in [0.25, 0.3) is 16.5 Å². The minimum atomic E-state index is 0.751. The molecule has 1 aromatic carbocycles. The van der Waals surface area contributed by atoms with Crippen molar-refractivity contribution >= 4 is 10.8 Å². The van der Waals surface area contributed by atoms with Crippen LogP contribution in [0.3, 0.4) is 0 Å². The Bertz CT molecular complexity index is 802. The summed E-state index contributed by atoms with van der Waals surface area (Å²) in [7, 11) is 0. The summed E-state index contributed by atoms with van der Waals surface area (Å²) in [5, 5.41) is 11.0. The van der Waals surface area contributed by atoms with Crippen LogP contribution in [0.4, 0.5) is 0 Å². The second-order valence-electron chi connectivity index (χ2n) is 5.97. The average Bonchev–Trinajstić information content (AvgIpc) is 2.82. The topological polar surface area (TPSA) is 39.9 Å². The van der Waals surface area contributed by atoms with E-state index in [0.29, 0.717) is 0 Å². The second kappa shape index (κ2) is 6.03. The lowest BCUT2D eigenvalue weighted by Crippen LogP contribution is -2.00. The Balaban J connectivity index is 2.13. The highest BCUT2D eigenvalue weighted by atomic mass is 16.5.